The number of nitrogens with one attached hydrogen (secondary N) is 1. The van der Waals surface area contributed by atoms with Crippen LogP contribution in [0.1, 0.15) is 73.6 Å². The molecular weight excluding hydrogens is 316 g/mol. The Labute approximate surface area is 148 Å². The lowest BCUT2D eigenvalue weighted by Crippen LogP contribution is -2.52. The summed E-state index contributed by atoms with van der Waals surface area (Å²) in [4.78, 5) is 30.1. The molecule has 2 aliphatic heterocycles. The Kier molecular flexibility index (Phi) is 3.89. The third-order valence-electron chi connectivity index (χ3n) is 6.19. The van der Waals surface area contributed by atoms with Gasteiger partial charge in [-0.2, -0.15) is 5.10 Å². The Hall–Kier alpha value is -1.85. The topological polar surface area (TPSA) is 69.3 Å². The number of aromatic amines is 1. The number of hydrogen-bond acceptors (Lipinski definition) is 3. The Morgan fingerprint density at radius 3 is 2.72 bits per heavy atom. The highest BCUT2D eigenvalue weighted by molar-refractivity contribution is 5.97. The standard InChI is InChI=1S/C19H28N4O2/c1-12(2)23-9-4-7-19(18(23)25)8-10-22(11-19)17(24)15-13(3)20-21-16(15)14-5-6-14/h12,14H,4-11H2,1-3H3,(H,20,21). The van der Waals surface area contributed by atoms with E-state index < -0.39 is 0 Å². The van der Waals surface area contributed by atoms with E-state index in [9.17, 15) is 9.59 Å². The lowest BCUT2D eigenvalue weighted by atomic mass is 9.78. The summed E-state index contributed by atoms with van der Waals surface area (Å²) in [5, 5.41) is 7.37. The van der Waals surface area contributed by atoms with Gasteiger partial charge < -0.3 is 9.80 Å². The van der Waals surface area contributed by atoms with Gasteiger partial charge in [0.05, 0.1) is 16.7 Å². The highest BCUT2D eigenvalue weighted by Gasteiger charge is 2.50. The molecule has 0 radical (unpaired) electrons. The normalized spacial score (nSPS) is 27.0. The molecule has 0 aromatic carbocycles. The molecule has 4 rings (SSSR count). The lowest BCUT2D eigenvalue weighted by Gasteiger charge is -2.41. The predicted molar refractivity (Wildman–Crippen MR) is 94.3 cm³/mol. The minimum absolute atomic E-state index is 0.0551. The van der Waals surface area contributed by atoms with Crippen molar-refractivity contribution in [2.75, 3.05) is 19.6 Å². The molecule has 3 aliphatic rings. The maximum absolute atomic E-state index is 13.2. The van der Waals surface area contributed by atoms with Crippen LogP contribution in [0, 0.1) is 12.3 Å². The number of likely N-dealkylation sites (tertiary alicyclic amines) is 2. The van der Waals surface area contributed by atoms with E-state index in [4.69, 9.17) is 0 Å². The molecule has 1 spiro atoms. The molecule has 2 saturated heterocycles. The summed E-state index contributed by atoms with van der Waals surface area (Å²) in [7, 11) is 0. The van der Waals surface area contributed by atoms with Crippen LogP contribution >= 0.6 is 0 Å². The van der Waals surface area contributed by atoms with Crippen LogP contribution in [0.4, 0.5) is 0 Å². The fraction of sp³-hybridized carbons (Fsp3) is 0.737. The van der Waals surface area contributed by atoms with Crippen molar-refractivity contribution in [3.8, 4) is 0 Å². The Morgan fingerprint density at radius 1 is 1.28 bits per heavy atom. The molecule has 1 saturated carbocycles. The summed E-state index contributed by atoms with van der Waals surface area (Å²) in [6, 6.07) is 0.229. The third-order valence-corrected chi connectivity index (χ3v) is 6.19. The first kappa shape index (κ1) is 16.6. The second-order valence-corrected chi connectivity index (χ2v) is 8.34. The van der Waals surface area contributed by atoms with Crippen molar-refractivity contribution in [2.24, 2.45) is 5.41 Å². The van der Waals surface area contributed by atoms with E-state index in [0.29, 0.717) is 19.0 Å². The predicted octanol–water partition coefficient (Wildman–Crippen LogP) is 2.46. The van der Waals surface area contributed by atoms with Crippen molar-refractivity contribution in [1.82, 2.24) is 20.0 Å². The average molecular weight is 344 g/mol. The van der Waals surface area contributed by atoms with E-state index in [1.165, 1.54) is 0 Å². The van der Waals surface area contributed by atoms with Gasteiger partial charge in [0, 0.05) is 37.3 Å². The molecule has 25 heavy (non-hydrogen) atoms. The van der Waals surface area contributed by atoms with Gasteiger partial charge in [0.1, 0.15) is 0 Å². The van der Waals surface area contributed by atoms with Crippen LogP contribution in [0.2, 0.25) is 0 Å². The molecule has 1 aromatic heterocycles. The summed E-state index contributed by atoms with van der Waals surface area (Å²) in [5.41, 5.74) is 2.17. The molecule has 1 aromatic rings. The molecule has 2 amide bonds. The average Bonchev–Trinajstić information content (AvgIpc) is 3.22. The van der Waals surface area contributed by atoms with E-state index >= 15 is 0 Å². The van der Waals surface area contributed by atoms with Crippen molar-refractivity contribution in [2.45, 2.75) is 64.8 Å². The van der Waals surface area contributed by atoms with Gasteiger partial charge in [-0.1, -0.05) is 0 Å². The maximum Gasteiger partial charge on any atom is 0.257 e. The van der Waals surface area contributed by atoms with Crippen LogP contribution in [0.15, 0.2) is 0 Å². The van der Waals surface area contributed by atoms with Crippen LogP contribution in [-0.4, -0.2) is 57.5 Å². The summed E-state index contributed by atoms with van der Waals surface area (Å²) in [6.07, 6.45) is 4.96. The monoisotopic (exact) mass is 344 g/mol. The first-order chi connectivity index (χ1) is 11.9. The van der Waals surface area contributed by atoms with Gasteiger partial charge in [0.2, 0.25) is 5.91 Å². The van der Waals surface area contributed by atoms with Crippen LogP contribution in [0.5, 0.6) is 0 Å². The fourth-order valence-electron chi connectivity index (χ4n) is 4.55. The van der Waals surface area contributed by atoms with Crippen molar-refractivity contribution in [1.29, 1.82) is 0 Å². The van der Waals surface area contributed by atoms with E-state index in [0.717, 1.165) is 55.6 Å². The van der Waals surface area contributed by atoms with Crippen LogP contribution in [0.25, 0.3) is 0 Å². The first-order valence-corrected chi connectivity index (χ1v) is 9.58. The van der Waals surface area contributed by atoms with Gasteiger partial charge in [-0.3, -0.25) is 14.7 Å². The lowest BCUT2D eigenvalue weighted by molar-refractivity contribution is -0.147. The smallest absolute Gasteiger partial charge is 0.257 e. The molecule has 6 heteroatoms. The Morgan fingerprint density at radius 2 is 2.04 bits per heavy atom. The van der Waals surface area contributed by atoms with E-state index in [2.05, 4.69) is 24.0 Å². The van der Waals surface area contributed by atoms with Gasteiger partial charge in [-0.25, -0.2) is 0 Å². The van der Waals surface area contributed by atoms with E-state index in [1.807, 2.05) is 16.7 Å². The Balaban J connectivity index is 1.55. The number of hydrogen-bond donors (Lipinski definition) is 1. The summed E-state index contributed by atoms with van der Waals surface area (Å²) in [5.74, 6) is 0.739. The summed E-state index contributed by atoms with van der Waals surface area (Å²) >= 11 is 0. The number of H-pyrrole nitrogens is 1. The first-order valence-electron chi connectivity index (χ1n) is 9.58. The summed E-state index contributed by atoms with van der Waals surface area (Å²) < 4.78 is 0. The molecule has 1 atom stereocenters. The quantitative estimate of drug-likeness (QED) is 0.916. The van der Waals surface area contributed by atoms with E-state index in [1.54, 1.807) is 0 Å². The zero-order valence-corrected chi connectivity index (χ0v) is 15.5. The summed E-state index contributed by atoms with van der Waals surface area (Å²) in [6.45, 7) is 8.15. The van der Waals surface area contributed by atoms with Gasteiger partial charge in [-0.05, 0) is 52.9 Å². The molecule has 3 fully saturated rings. The zero-order valence-electron chi connectivity index (χ0n) is 15.5. The molecular formula is C19H28N4O2. The van der Waals surface area contributed by atoms with Crippen LogP contribution in [0.3, 0.4) is 0 Å². The minimum Gasteiger partial charge on any atom is -0.340 e. The molecule has 1 aliphatic carbocycles. The van der Waals surface area contributed by atoms with Crippen molar-refractivity contribution in [3.05, 3.63) is 17.0 Å². The highest BCUT2D eigenvalue weighted by atomic mass is 16.2. The molecule has 6 nitrogen and oxygen atoms in total. The largest absolute Gasteiger partial charge is 0.340 e. The number of carbonyl (C=O) groups excluding carboxylic acids is 2. The number of nitrogens with zero attached hydrogens (tertiary/aromatic N) is 3. The molecule has 3 heterocycles. The van der Waals surface area contributed by atoms with Crippen LogP contribution in [-0.2, 0) is 4.79 Å². The number of rotatable bonds is 3. The highest BCUT2D eigenvalue weighted by Crippen LogP contribution is 2.44. The van der Waals surface area contributed by atoms with Gasteiger partial charge >= 0.3 is 0 Å². The number of piperidine rings is 1. The van der Waals surface area contributed by atoms with E-state index in [-0.39, 0.29) is 23.3 Å². The number of carbonyl (C=O) groups is 2. The Bertz CT molecular complexity index is 706. The maximum atomic E-state index is 13.2. The molecule has 1 N–H and O–H groups in total. The third kappa shape index (κ3) is 2.66. The van der Waals surface area contributed by atoms with Crippen molar-refractivity contribution >= 4 is 11.8 Å². The van der Waals surface area contributed by atoms with Crippen molar-refractivity contribution < 1.29 is 9.59 Å². The van der Waals surface area contributed by atoms with Crippen LogP contribution < -0.4 is 0 Å². The molecule has 0 bridgehead atoms. The zero-order chi connectivity index (χ0) is 17.8. The molecule has 1 unspecified atom stereocenters. The number of amides is 2. The van der Waals surface area contributed by atoms with Gasteiger partial charge in [0.25, 0.3) is 5.91 Å². The molecule has 136 valence electrons. The fourth-order valence-corrected chi connectivity index (χ4v) is 4.55. The minimum atomic E-state index is -0.366. The van der Waals surface area contributed by atoms with Crippen molar-refractivity contribution in [3.63, 3.8) is 0 Å². The second-order valence-electron chi connectivity index (χ2n) is 8.34. The van der Waals surface area contributed by atoms with Gasteiger partial charge in [-0.15, -0.1) is 0 Å². The number of aryl methyl sites for hydroxylation is 1. The second kappa shape index (κ2) is 5.85. The SMILES string of the molecule is Cc1[nH]nc(C2CC2)c1C(=O)N1CCC2(CCCN(C(C)C)C2=O)C1. The number of aromatic nitrogens is 2. The van der Waals surface area contributed by atoms with Gasteiger partial charge in [0.15, 0.2) is 0 Å².